The number of fused-ring (bicyclic) bond motifs is 1. The zero-order chi connectivity index (χ0) is 18.0. The van der Waals surface area contributed by atoms with Gasteiger partial charge in [-0.25, -0.2) is 0 Å². The van der Waals surface area contributed by atoms with Crippen molar-refractivity contribution in [3.8, 4) is 11.8 Å². The maximum atomic E-state index is 12.7. The number of rotatable bonds is 4. The Kier molecular flexibility index (Phi) is 4.58. The molecule has 4 heteroatoms. The molecule has 0 aliphatic heterocycles. The van der Waals surface area contributed by atoms with Gasteiger partial charge in [0.05, 0.1) is 11.1 Å². The first kappa shape index (κ1) is 16.8. The van der Waals surface area contributed by atoms with Gasteiger partial charge in [-0.1, -0.05) is 44.2 Å². The van der Waals surface area contributed by atoms with E-state index in [0.717, 1.165) is 27.8 Å². The average Bonchev–Trinajstić information content (AvgIpc) is 2.98. The van der Waals surface area contributed by atoms with E-state index in [1.54, 1.807) is 6.20 Å². The molecule has 0 saturated carbocycles. The minimum Gasteiger partial charge on any atom is -0.483 e. The number of para-hydroxylation sites is 1. The molecule has 0 aliphatic carbocycles. The number of hydrogen-bond acceptors (Lipinski definition) is 3. The molecule has 0 bridgehead atoms. The van der Waals surface area contributed by atoms with E-state index in [1.807, 2.05) is 49.4 Å². The van der Waals surface area contributed by atoms with Crippen LogP contribution in [0.5, 0.6) is 5.75 Å². The summed E-state index contributed by atoms with van der Waals surface area (Å²) in [6.07, 6.45) is 1.58. The number of nitrogens with zero attached hydrogens (tertiary/aromatic N) is 2. The lowest BCUT2D eigenvalue weighted by atomic mass is 10.0. The van der Waals surface area contributed by atoms with Gasteiger partial charge in [-0.3, -0.25) is 9.36 Å². The van der Waals surface area contributed by atoms with Crippen LogP contribution in [0.2, 0.25) is 0 Å². The molecule has 0 N–H and O–H groups in total. The van der Waals surface area contributed by atoms with Gasteiger partial charge in [0.1, 0.15) is 11.8 Å². The molecule has 126 valence electrons. The second-order valence-electron chi connectivity index (χ2n) is 6.42. The van der Waals surface area contributed by atoms with Gasteiger partial charge >= 0.3 is 0 Å². The van der Waals surface area contributed by atoms with Gasteiger partial charge in [0.2, 0.25) is 0 Å². The predicted molar refractivity (Wildman–Crippen MR) is 98.0 cm³/mol. The normalized spacial score (nSPS) is 10.8. The Hall–Kier alpha value is -3.06. The first-order chi connectivity index (χ1) is 12.0. The zero-order valence-electron chi connectivity index (χ0n) is 14.6. The fourth-order valence-electron chi connectivity index (χ4n) is 2.93. The van der Waals surface area contributed by atoms with Crippen molar-refractivity contribution in [2.75, 3.05) is 6.61 Å². The van der Waals surface area contributed by atoms with E-state index in [1.165, 1.54) is 4.57 Å². The van der Waals surface area contributed by atoms with Crippen LogP contribution in [0.4, 0.5) is 0 Å². The second-order valence-corrected chi connectivity index (χ2v) is 6.42. The van der Waals surface area contributed by atoms with E-state index in [0.29, 0.717) is 11.5 Å². The van der Waals surface area contributed by atoms with Gasteiger partial charge in [-0.2, -0.15) is 5.26 Å². The Labute approximate surface area is 147 Å². The standard InChI is InChI=1S/C21H20N2O2/c1-14(2)17-9-8-15(3)10-20(17)25-13-21(24)23-12-16(11-22)18-6-4-5-7-19(18)23/h4-10,12,14H,13H2,1-3H3. The first-order valence-corrected chi connectivity index (χ1v) is 8.28. The average molecular weight is 332 g/mol. The van der Waals surface area contributed by atoms with E-state index in [4.69, 9.17) is 4.74 Å². The third-order valence-corrected chi connectivity index (χ3v) is 4.24. The molecule has 0 saturated heterocycles. The van der Waals surface area contributed by atoms with Crippen molar-refractivity contribution in [3.05, 3.63) is 65.4 Å². The Bertz CT molecular complexity index is 977. The van der Waals surface area contributed by atoms with E-state index >= 15 is 0 Å². The molecular formula is C21H20N2O2. The molecule has 0 radical (unpaired) electrons. The summed E-state index contributed by atoms with van der Waals surface area (Å²) in [7, 11) is 0. The van der Waals surface area contributed by atoms with Crippen LogP contribution in [0, 0.1) is 18.3 Å². The Morgan fingerprint density at radius 2 is 2.00 bits per heavy atom. The van der Waals surface area contributed by atoms with Gasteiger partial charge in [-0.15, -0.1) is 0 Å². The highest BCUT2D eigenvalue weighted by Gasteiger charge is 2.15. The maximum absolute atomic E-state index is 12.7. The van der Waals surface area contributed by atoms with Crippen molar-refractivity contribution in [2.45, 2.75) is 26.7 Å². The topological polar surface area (TPSA) is 55.0 Å². The van der Waals surface area contributed by atoms with Crippen LogP contribution in [0.3, 0.4) is 0 Å². The van der Waals surface area contributed by atoms with Gasteiger partial charge < -0.3 is 4.74 Å². The van der Waals surface area contributed by atoms with Crippen molar-refractivity contribution < 1.29 is 9.53 Å². The minimum absolute atomic E-state index is 0.0767. The number of carbonyl (C=O) groups is 1. The zero-order valence-corrected chi connectivity index (χ0v) is 14.6. The third kappa shape index (κ3) is 3.27. The van der Waals surface area contributed by atoms with E-state index < -0.39 is 0 Å². The van der Waals surface area contributed by atoms with Crippen LogP contribution in [0.25, 0.3) is 10.9 Å². The van der Waals surface area contributed by atoms with Crippen LogP contribution in [-0.2, 0) is 0 Å². The molecule has 0 spiro atoms. The van der Waals surface area contributed by atoms with Crippen molar-refractivity contribution in [1.82, 2.24) is 4.57 Å². The summed E-state index contributed by atoms with van der Waals surface area (Å²) in [6.45, 7) is 6.11. The molecule has 0 unspecified atom stereocenters. The summed E-state index contributed by atoms with van der Waals surface area (Å²) >= 11 is 0. The van der Waals surface area contributed by atoms with Gasteiger partial charge in [0.15, 0.2) is 6.61 Å². The number of benzene rings is 2. The molecule has 0 aliphatic rings. The van der Waals surface area contributed by atoms with Gasteiger partial charge in [0, 0.05) is 11.6 Å². The number of carbonyl (C=O) groups excluding carboxylic acids is 1. The van der Waals surface area contributed by atoms with Crippen molar-refractivity contribution in [3.63, 3.8) is 0 Å². The molecule has 0 fully saturated rings. The van der Waals surface area contributed by atoms with E-state index in [9.17, 15) is 10.1 Å². The Morgan fingerprint density at radius 3 is 2.72 bits per heavy atom. The van der Waals surface area contributed by atoms with Crippen molar-refractivity contribution in [2.24, 2.45) is 0 Å². The Balaban J connectivity index is 1.88. The third-order valence-electron chi connectivity index (χ3n) is 4.24. The van der Waals surface area contributed by atoms with Crippen molar-refractivity contribution >= 4 is 16.8 Å². The molecule has 2 aromatic carbocycles. The maximum Gasteiger partial charge on any atom is 0.269 e. The minimum atomic E-state index is -0.200. The highest BCUT2D eigenvalue weighted by atomic mass is 16.5. The number of aromatic nitrogens is 1. The number of aryl methyl sites for hydroxylation is 1. The van der Waals surface area contributed by atoms with E-state index in [2.05, 4.69) is 19.9 Å². The number of hydrogen-bond donors (Lipinski definition) is 0. The van der Waals surface area contributed by atoms with Crippen LogP contribution in [-0.4, -0.2) is 17.1 Å². The molecule has 4 nitrogen and oxygen atoms in total. The summed E-state index contributed by atoms with van der Waals surface area (Å²) in [5.41, 5.74) is 3.38. The second kappa shape index (κ2) is 6.82. The fourth-order valence-corrected chi connectivity index (χ4v) is 2.93. The predicted octanol–water partition coefficient (Wildman–Crippen LogP) is 4.66. The largest absolute Gasteiger partial charge is 0.483 e. The molecule has 1 heterocycles. The van der Waals surface area contributed by atoms with Gasteiger partial charge in [-0.05, 0) is 36.1 Å². The lowest BCUT2D eigenvalue weighted by Gasteiger charge is -2.14. The molecule has 3 aromatic rings. The molecule has 1 aromatic heterocycles. The molecule has 0 atom stereocenters. The highest BCUT2D eigenvalue weighted by molar-refractivity contribution is 5.96. The molecule has 3 rings (SSSR count). The quantitative estimate of drug-likeness (QED) is 0.698. The van der Waals surface area contributed by atoms with E-state index in [-0.39, 0.29) is 12.5 Å². The first-order valence-electron chi connectivity index (χ1n) is 8.28. The monoisotopic (exact) mass is 332 g/mol. The highest BCUT2D eigenvalue weighted by Crippen LogP contribution is 2.28. The summed E-state index contributed by atoms with van der Waals surface area (Å²) in [5.74, 6) is 0.845. The van der Waals surface area contributed by atoms with Gasteiger partial charge in [0.25, 0.3) is 5.91 Å². The summed E-state index contributed by atoms with van der Waals surface area (Å²) in [4.78, 5) is 12.7. The Morgan fingerprint density at radius 1 is 1.24 bits per heavy atom. The molecule has 25 heavy (non-hydrogen) atoms. The smallest absolute Gasteiger partial charge is 0.269 e. The van der Waals surface area contributed by atoms with Crippen LogP contribution in [0.1, 0.15) is 41.3 Å². The van der Waals surface area contributed by atoms with Crippen LogP contribution < -0.4 is 4.74 Å². The fraction of sp³-hybridized carbons (Fsp3) is 0.238. The summed E-state index contributed by atoms with van der Waals surface area (Å²) < 4.78 is 7.33. The lowest BCUT2D eigenvalue weighted by Crippen LogP contribution is -2.19. The lowest BCUT2D eigenvalue weighted by molar-refractivity contribution is 0.0842. The summed E-state index contributed by atoms with van der Waals surface area (Å²) in [6, 6.07) is 15.6. The van der Waals surface area contributed by atoms with Crippen LogP contribution >= 0.6 is 0 Å². The molecule has 0 amide bonds. The van der Waals surface area contributed by atoms with Crippen LogP contribution in [0.15, 0.2) is 48.7 Å². The van der Waals surface area contributed by atoms with Crippen molar-refractivity contribution in [1.29, 1.82) is 5.26 Å². The summed E-state index contributed by atoms with van der Waals surface area (Å²) in [5, 5.41) is 10.0. The number of nitriles is 1. The number of ether oxygens (including phenoxy) is 1. The SMILES string of the molecule is Cc1ccc(C(C)C)c(OCC(=O)n2cc(C#N)c3ccccc32)c1. The molecular weight excluding hydrogens is 312 g/mol.